The summed E-state index contributed by atoms with van der Waals surface area (Å²) in [5.41, 5.74) is 1.57. The normalized spacial score (nSPS) is 13.5. The summed E-state index contributed by atoms with van der Waals surface area (Å²) in [6.45, 7) is 2.89. The molecule has 0 saturated carbocycles. The van der Waals surface area contributed by atoms with Crippen LogP contribution in [0.15, 0.2) is 53.6 Å². The van der Waals surface area contributed by atoms with Gasteiger partial charge in [0.15, 0.2) is 0 Å². The lowest BCUT2D eigenvalue weighted by Crippen LogP contribution is -2.23. The molecule has 0 atom stereocenters. The van der Waals surface area contributed by atoms with Gasteiger partial charge in [-0.25, -0.2) is 0 Å². The van der Waals surface area contributed by atoms with Gasteiger partial charge in [-0.05, 0) is 48.4 Å². The van der Waals surface area contributed by atoms with Gasteiger partial charge in [0.2, 0.25) is 0 Å². The topological polar surface area (TPSA) is 59.0 Å². The van der Waals surface area contributed by atoms with Gasteiger partial charge < -0.3 is 4.74 Å². The number of fused-ring (bicyclic) bond motifs is 1. The first-order chi connectivity index (χ1) is 12.7. The average Bonchev–Trinajstić information content (AvgIpc) is 2.92. The first-order valence-corrected chi connectivity index (χ1v) is 8.95. The van der Waals surface area contributed by atoms with Gasteiger partial charge in [0, 0.05) is 0 Å². The Morgan fingerprint density at radius 2 is 1.58 bits per heavy atom. The molecule has 3 rings (SSSR count). The third kappa shape index (κ3) is 3.99. The molecular weight excluding hydrogens is 328 g/mol. The van der Waals surface area contributed by atoms with E-state index >= 15 is 0 Å². The molecular formula is C21H22N2O3. The molecule has 2 amide bonds. The monoisotopic (exact) mass is 350 g/mol. The Labute approximate surface area is 153 Å². The number of nitrogens with zero attached hydrogens (tertiary/aromatic N) is 2. The van der Waals surface area contributed by atoms with Crippen molar-refractivity contribution >= 4 is 18.0 Å². The number of imide groups is 1. The van der Waals surface area contributed by atoms with Gasteiger partial charge in [0.25, 0.3) is 11.8 Å². The van der Waals surface area contributed by atoms with Crippen LogP contribution in [-0.4, -0.2) is 29.6 Å². The van der Waals surface area contributed by atoms with Crippen LogP contribution in [-0.2, 0) is 0 Å². The maximum atomic E-state index is 12.2. The number of ether oxygens (including phenoxy) is 1. The molecule has 1 heterocycles. The first kappa shape index (κ1) is 17.9. The second kappa shape index (κ2) is 8.43. The zero-order valence-corrected chi connectivity index (χ0v) is 14.9. The fourth-order valence-corrected chi connectivity index (χ4v) is 2.77. The van der Waals surface area contributed by atoms with Crippen LogP contribution in [0.4, 0.5) is 0 Å². The lowest BCUT2D eigenvalue weighted by atomic mass is 10.1. The van der Waals surface area contributed by atoms with E-state index in [1.165, 1.54) is 25.5 Å². The Balaban J connectivity index is 1.58. The molecule has 0 saturated heterocycles. The van der Waals surface area contributed by atoms with E-state index in [1.54, 1.807) is 24.3 Å². The van der Waals surface area contributed by atoms with Crippen molar-refractivity contribution in [2.24, 2.45) is 5.10 Å². The second-order valence-electron chi connectivity index (χ2n) is 6.19. The third-order valence-electron chi connectivity index (χ3n) is 4.24. The van der Waals surface area contributed by atoms with Crippen molar-refractivity contribution < 1.29 is 14.3 Å². The van der Waals surface area contributed by atoms with Gasteiger partial charge in [0.05, 0.1) is 23.9 Å². The zero-order valence-electron chi connectivity index (χ0n) is 14.9. The van der Waals surface area contributed by atoms with E-state index in [-0.39, 0.29) is 0 Å². The van der Waals surface area contributed by atoms with Crippen molar-refractivity contribution in [3.8, 4) is 5.75 Å². The molecule has 2 aromatic rings. The Morgan fingerprint density at radius 3 is 2.19 bits per heavy atom. The minimum absolute atomic E-state index is 0.390. The van der Waals surface area contributed by atoms with Crippen molar-refractivity contribution in [3.63, 3.8) is 0 Å². The Kier molecular flexibility index (Phi) is 5.79. The van der Waals surface area contributed by atoms with Crippen molar-refractivity contribution in [3.05, 3.63) is 65.2 Å². The van der Waals surface area contributed by atoms with Gasteiger partial charge in [-0.3, -0.25) is 9.59 Å². The highest BCUT2D eigenvalue weighted by Gasteiger charge is 2.35. The van der Waals surface area contributed by atoms with E-state index in [0.29, 0.717) is 17.7 Å². The van der Waals surface area contributed by atoms with Crippen LogP contribution < -0.4 is 4.74 Å². The molecule has 1 aliphatic rings. The molecule has 26 heavy (non-hydrogen) atoms. The molecule has 0 aromatic heterocycles. The summed E-state index contributed by atoms with van der Waals surface area (Å²) in [5, 5.41) is 4.97. The number of unbranched alkanes of at least 4 members (excludes halogenated alkanes) is 3. The van der Waals surface area contributed by atoms with Crippen LogP contribution in [0.3, 0.4) is 0 Å². The van der Waals surface area contributed by atoms with Crippen LogP contribution in [0.2, 0.25) is 0 Å². The lowest BCUT2D eigenvalue weighted by Gasteiger charge is -2.07. The van der Waals surface area contributed by atoms with E-state index < -0.39 is 11.8 Å². The van der Waals surface area contributed by atoms with Crippen molar-refractivity contribution in [1.29, 1.82) is 0 Å². The smallest absolute Gasteiger partial charge is 0.282 e. The minimum atomic E-state index is -0.395. The lowest BCUT2D eigenvalue weighted by molar-refractivity contribution is 0.0660. The maximum absolute atomic E-state index is 12.2. The molecule has 0 N–H and O–H groups in total. The van der Waals surface area contributed by atoms with E-state index in [1.807, 2.05) is 24.3 Å². The van der Waals surface area contributed by atoms with Crippen molar-refractivity contribution in [1.82, 2.24) is 5.01 Å². The number of hydrazone groups is 1. The van der Waals surface area contributed by atoms with Gasteiger partial charge >= 0.3 is 0 Å². The maximum Gasteiger partial charge on any atom is 0.282 e. The number of carbonyl (C=O) groups excluding carboxylic acids is 2. The SMILES string of the molecule is CCCCCCOc1ccc(/C=N\N2C(=O)c3ccccc3C2=O)cc1. The fraction of sp³-hybridized carbons (Fsp3) is 0.286. The molecule has 134 valence electrons. The summed E-state index contributed by atoms with van der Waals surface area (Å²) in [5.74, 6) is 0.0159. The Hall–Kier alpha value is -2.95. The molecule has 1 aliphatic heterocycles. The van der Waals surface area contributed by atoms with Crippen LogP contribution in [0.25, 0.3) is 0 Å². The molecule has 0 unspecified atom stereocenters. The largest absolute Gasteiger partial charge is 0.494 e. The van der Waals surface area contributed by atoms with E-state index in [4.69, 9.17) is 4.74 Å². The van der Waals surface area contributed by atoms with Crippen LogP contribution in [0.1, 0.15) is 58.9 Å². The molecule has 0 radical (unpaired) electrons. The van der Waals surface area contributed by atoms with E-state index in [9.17, 15) is 9.59 Å². The van der Waals surface area contributed by atoms with Crippen LogP contribution in [0, 0.1) is 0 Å². The highest BCUT2D eigenvalue weighted by atomic mass is 16.5. The summed E-state index contributed by atoms with van der Waals surface area (Å²) in [7, 11) is 0. The summed E-state index contributed by atoms with van der Waals surface area (Å²) < 4.78 is 5.70. The number of benzene rings is 2. The summed E-state index contributed by atoms with van der Waals surface area (Å²) in [6.07, 6.45) is 6.18. The fourth-order valence-electron chi connectivity index (χ4n) is 2.77. The second-order valence-corrected chi connectivity index (χ2v) is 6.19. The van der Waals surface area contributed by atoms with Crippen molar-refractivity contribution in [2.75, 3.05) is 6.61 Å². The van der Waals surface area contributed by atoms with Crippen molar-refractivity contribution in [2.45, 2.75) is 32.6 Å². The summed E-state index contributed by atoms with van der Waals surface area (Å²) in [4.78, 5) is 24.5. The molecule has 0 spiro atoms. The Morgan fingerprint density at radius 1 is 0.923 bits per heavy atom. The molecule has 2 aromatic carbocycles. The molecule has 0 fully saturated rings. The average molecular weight is 350 g/mol. The van der Waals surface area contributed by atoms with E-state index in [0.717, 1.165) is 22.7 Å². The zero-order chi connectivity index (χ0) is 18.4. The van der Waals surface area contributed by atoms with Crippen LogP contribution >= 0.6 is 0 Å². The van der Waals surface area contributed by atoms with Gasteiger partial charge in [0.1, 0.15) is 5.75 Å². The molecule has 0 aliphatic carbocycles. The summed E-state index contributed by atoms with van der Waals surface area (Å²) in [6, 6.07) is 14.2. The number of amides is 2. The molecule has 5 heteroatoms. The summed E-state index contributed by atoms with van der Waals surface area (Å²) >= 11 is 0. The number of hydrogen-bond donors (Lipinski definition) is 0. The minimum Gasteiger partial charge on any atom is -0.494 e. The van der Waals surface area contributed by atoms with E-state index in [2.05, 4.69) is 12.0 Å². The molecule has 0 bridgehead atoms. The number of hydrogen-bond acceptors (Lipinski definition) is 4. The van der Waals surface area contributed by atoms with Crippen LogP contribution in [0.5, 0.6) is 5.75 Å². The predicted molar refractivity (Wildman–Crippen MR) is 101 cm³/mol. The predicted octanol–water partition coefficient (Wildman–Crippen LogP) is 4.28. The quantitative estimate of drug-likeness (QED) is 0.406. The number of rotatable bonds is 8. The third-order valence-corrected chi connectivity index (χ3v) is 4.24. The highest BCUT2D eigenvalue weighted by molar-refractivity contribution is 6.21. The Bertz CT molecular complexity index is 777. The standard InChI is InChI=1S/C21H22N2O3/c1-2-3-4-7-14-26-17-12-10-16(11-13-17)15-22-23-20(24)18-8-5-6-9-19(18)21(23)25/h5-6,8-13,15H,2-4,7,14H2,1H3/b22-15-. The molecule has 5 nitrogen and oxygen atoms in total. The van der Waals surface area contributed by atoms with Gasteiger partial charge in [-0.15, -0.1) is 0 Å². The number of carbonyl (C=O) groups is 2. The first-order valence-electron chi connectivity index (χ1n) is 8.95. The van der Waals surface area contributed by atoms with Gasteiger partial charge in [-0.2, -0.15) is 10.1 Å². The van der Waals surface area contributed by atoms with Gasteiger partial charge in [-0.1, -0.05) is 38.3 Å². The highest BCUT2D eigenvalue weighted by Crippen LogP contribution is 2.22.